The van der Waals surface area contributed by atoms with Crippen molar-refractivity contribution in [3.05, 3.63) is 81.8 Å². The van der Waals surface area contributed by atoms with E-state index in [1.54, 1.807) is 66.1 Å². The molecule has 150 valence electrons. The number of carboxylic acid groups (broad SMARTS) is 1. The van der Waals surface area contributed by atoms with Crippen LogP contribution in [0.2, 0.25) is 10.0 Å². The van der Waals surface area contributed by atoms with Gasteiger partial charge in [0.1, 0.15) is 0 Å². The Bertz CT molecular complexity index is 1250. The predicted molar refractivity (Wildman–Crippen MR) is 115 cm³/mol. The van der Waals surface area contributed by atoms with Gasteiger partial charge in [0, 0.05) is 17.2 Å². The van der Waals surface area contributed by atoms with Gasteiger partial charge in [0.05, 0.1) is 21.4 Å². The fraction of sp³-hybridized carbons (Fsp3) is 0.0870. The third kappa shape index (κ3) is 3.58. The number of carbonyl (C=O) groups is 2. The molecule has 30 heavy (non-hydrogen) atoms. The van der Waals surface area contributed by atoms with Crippen molar-refractivity contribution in [3.63, 3.8) is 0 Å². The minimum atomic E-state index is -0.978. The summed E-state index contributed by atoms with van der Waals surface area (Å²) in [7, 11) is 0. The second kappa shape index (κ2) is 7.94. The van der Waals surface area contributed by atoms with Crippen molar-refractivity contribution in [2.24, 2.45) is 0 Å². The summed E-state index contributed by atoms with van der Waals surface area (Å²) in [5, 5.41) is 11.3. The molecule has 5 nitrogen and oxygen atoms in total. The highest BCUT2D eigenvalue weighted by molar-refractivity contribution is 6.35. The van der Waals surface area contributed by atoms with Crippen LogP contribution < -0.4 is 9.30 Å². The zero-order valence-corrected chi connectivity index (χ0v) is 17.4. The molecule has 0 bridgehead atoms. The highest BCUT2D eigenvalue weighted by atomic mass is 35.5. The summed E-state index contributed by atoms with van der Waals surface area (Å²) in [6.07, 6.45) is 0. The minimum absolute atomic E-state index is 0.235. The average Bonchev–Trinajstić information content (AvgIpc) is 2.70. The lowest BCUT2D eigenvalue weighted by Gasteiger charge is -2.13. The van der Waals surface area contributed by atoms with Crippen molar-refractivity contribution in [1.29, 1.82) is 0 Å². The number of aromatic nitrogens is 1. The molecule has 0 unspecified atom stereocenters. The molecule has 1 heterocycles. The number of para-hydroxylation sites is 2. The maximum Gasteiger partial charge on any atom is 0.370 e. The molecule has 4 aromatic rings. The summed E-state index contributed by atoms with van der Waals surface area (Å²) in [6.45, 7) is 1.51. The zero-order valence-electron chi connectivity index (χ0n) is 15.9. The van der Waals surface area contributed by atoms with Crippen LogP contribution >= 0.6 is 23.2 Å². The van der Waals surface area contributed by atoms with Crippen LogP contribution in [0.5, 0.6) is 5.75 Å². The fourth-order valence-corrected chi connectivity index (χ4v) is 4.24. The smallest absolute Gasteiger partial charge is 0.370 e. The molecule has 0 radical (unpaired) electrons. The van der Waals surface area contributed by atoms with Gasteiger partial charge < -0.3 is 9.84 Å². The molecular weight excluding hydrogens is 425 g/mol. The fourth-order valence-electron chi connectivity index (χ4n) is 3.60. The Morgan fingerprint density at radius 1 is 0.967 bits per heavy atom. The monoisotopic (exact) mass is 440 g/mol. The molecule has 0 amide bonds. The second-order valence-corrected chi connectivity index (χ2v) is 7.66. The average molecular weight is 441 g/mol. The van der Waals surface area contributed by atoms with Gasteiger partial charge in [0.2, 0.25) is 17.6 Å². The Morgan fingerprint density at radius 3 is 2.07 bits per heavy atom. The van der Waals surface area contributed by atoms with Crippen LogP contribution in [-0.4, -0.2) is 17.0 Å². The topological polar surface area (TPSA) is 67.5 Å². The van der Waals surface area contributed by atoms with Gasteiger partial charge >= 0.3 is 11.9 Å². The molecule has 0 fully saturated rings. The van der Waals surface area contributed by atoms with E-state index >= 15 is 0 Å². The SMILES string of the molecule is Cc1cc(Cl)cc(Cl)c1OC(=O)c1c2ccccc2[n+](CC(=O)O)c2ccccc12. The first-order valence-corrected chi connectivity index (χ1v) is 9.85. The number of fused-ring (bicyclic) bond motifs is 2. The molecule has 0 saturated carbocycles. The van der Waals surface area contributed by atoms with E-state index < -0.39 is 11.9 Å². The number of aryl methyl sites for hydroxylation is 1. The maximum absolute atomic E-state index is 13.3. The van der Waals surface area contributed by atoms with Crippen LogP contribution in [0.3, 0.4) is 0 Å². The van der Waals surface area contributed by atoms with Gasteiger partial charge in [-0.2, -0.15) is 4.57 Å². The molecule has 0 atom stereocenters. The lowest BCUT2D eigenvalue weighted by atomic mass is 10.0. The third-order valence-electron chi connectivity index (χ3n) is 4.81. The van der Waals surface area contributed by atoms with Crippen LogP contribution in [0.25, 0.3) is 21.8 Å². The summed E-state index contributed by atoms with van der Waals surface area (Å²) in [6, 6.07) is 17.5. The van der Waals surface area contributed by atoms with Gasteiger partial charge in [0.15, 0.2) is 5.75 Å². The molecule has 1 N–H and O–H groups in total. The van der Waals surface area contributed by atoms with Gasteiger partial charge in [-0.15, -0.1) is 0 Å². The van der Waals surface area contributed by atoms with E-state index in [0.717, 1.165) is 0 Å². The third-order valence-corrected chi connectivity index (χ3v) is 5.31. The number of carboxylic acids is 1. The lowest BCUT2D eigenvalue weighted by Crippen LogP contribution is -2.40. The van der Waals surface area contributed by atoms with Gasteiger partial charge in [0.25, 0.3) is 0 Å². The Hall–Kier alpha value is -3.15. The molecule has 0 spiro atoms. The quantitative estimate of drug-likeness (QED) is 0.205. The first-order valence-electron chi connectivity index (χ1n) is 9.09. The van der Waals surface area contributed by atoms with E-state index in [1.165, 1.54) is 6.07 Å². The first kappa shape index (κ1) is 20.1. The summed E-state index contributed by atoms with van der Waals surface area (Å²) in [5.41, 5.74) is 2.20. The first-order chi connectivity index (χ1) is 14.4. The van der Waals surface area contributed by atoms with Gasteiger partial charge in [-0.3, -0.25) is 0 Å². The standard InChI is InChI=1S/C23H15Cl2NO4/c1-13-10-14(24)11-17(25)22(13)30-23(29)21-15-6-2-4-8-18(15)26(12-20(27)28)19-9-5-3-7-16(19)21/h2-11H,12H2,1H3/p+1. The van der Waals surface area contributed by atoms with E-state index in [-0.39, 0.29) is 17.3 Å². The van der Waals surface area contributed by atoms with Gasteiger partial charge in [-0.05, 0) is 36.8 Å². The molecule has 4 rings (SSSR count). The molecule has 1 aromatic heterocycles. The Labute approximate surface area is 182 Å². The number of hydrogen-bond acceptors (Lipinski definition) is 3. The van der Waals surface area contributed by atoms with Crippen molar-refractivity contribution in [1.82, 2.24) is 0 Å². The molecule has 3 aromatic carbocycles. The van der Waals surface area contributed by atoms with E-state index in [0.29, 0.717) is 38.0 Å². The van der Waals surface area contributed by atoms with Crippen molar-refractivity contribution in [3.8, 4) is 5.75 Å². The minimum Gasteiger partial charge on any atom is -0.477 e. The number of hydrogen-bond donors (Lipinski definition) is 1. The van der Waals surface area contributed by atoms with Crippen molar-refractivity contribution >= 4 is 56.9 Å². The predicted octanol–water partition coefficient (Wildman–Crippen LogP) is 5.20. The van der Waals surface area contributed by atoms with E-state index in [2.05, 4.69) is 0 Å². The number of carbonyl (C=O) groups excluding carboxylic acids is 1. The van der Waals surface area contributed by atoms with Crippen molar-refractivity contribution < 1.29 is 24.0 Å². The lowest BCUT2D eigenvalue weighted by molar-refractivity contribution is -0.633. The highest BCUT2D eigenvalue weighted by Crippen LogP contribution is 2.34. The summed E-state index contributed by atoms with van der Waals surface area (Å²) in [5.74, 6) is -1.33. The highest BCUT2D eigenvalue weighted by Gasteiger charge is 2.27. The zero-order chi connectivity index (χ0) is 21.4. The number of benzene rings is 3. The van der Waals surface area contributed by atoms with E-state index in [4.69, 9.17) is 27.9 Å². The largest absolute Gasteiger partial charge is 0.477 e. The number of rotatable bonds is 4. The molecule has 0 aliphatic carbocycles. The molecule has 7 heteroatoms. The van der Waals surface area contributed by atoms with Crippen LogP contribution in [0.1, 0.15) is 15.9 Å². The van der Waals surface area contributed by atoms with Crippen LogP contribution in [0, 0.1) is 6.92 Å². The number of halogens is 2. The Kier molecular flexibility index (Phi) is 5.33. The second-order valence-electron chi connectivity index (χ2n) is 6.81. The van der Waals surface area contributed by atoms with Crippen LogP contribution in [-0.2, 0) is 11.3 Å². The Balaban J connectivity index is 1.97. The molecule has 0 aliphatic heterocycles. The number of nitrogens with zero attached hydrogens (tertiary/aromatic N) is 1. The molecule has 0 saturated heterocycles. The number of pyridine rings is 1. The summed E-state index contributed by atoms with van der Waals surface area (Å²) < 4.78 is 7.37. The summed E-state index contributed by atoms with van der Waals surface area (Å²) >= 11 is 12.3. The molecular formula is C23H16Cl2NO4+. The van der Waals surface area contributed by atoms with Crippen molar-refractivity contribution in [2.75, 3.05) is 0 Å². The van der Waals surface area contributed by atoms with Crippen molar-refractivity contribution in [2.45, 2.75) is 13.5 Å². The van der Waals surface area contributed by atoms with Gasteiger partial charge in [-0.1, -0.05) is 47.5 Å². The normalized spacial score (nSPS) is 11.0. The maximum atomic E-state index is 13.3. The Morgan fingerprint density at radius 2 is 1.53 bits per heavy atom. The van der Waals surface area contributed by atoms with Crippen LogP contribution in [0.4, 0.5) is 0 Å². The summed E-state index contributed by atoms with van der Waals surface area (Å²) in [4.78, 5) is 24.8. The van der Waals surface area contributed by atoms with E-state index in [1.807, 2.05) is 0 Å². The number of ether oxygens (including phenoxy) is 1. The molecule has 0 aliphatic rings. The van der Waals surface area contributed by atoms with Crippen LogP contribution in [0.15, 0.2) is 60.7 Å². The number of esters is 1. The van der Waals surface area contributed by atoms with Gasteiger partial charge in [-0.25, -0.2) is 9.59 Å². The number of aliphatic carboxylic acids is 1. The van der Waals surface area contributed by atoms with E-state index in [9.17, 15) is 14.7 Å².